The predicted molar refractivity (Wildman–Crippen MR) is 92.6 cm³/mol. The summed E-state index contributed by atoms with van der Waals surface area (Å²) in [6.07, 6.45) is 7.03. The summed E-state index contributed by atoms with van der Waals surface area (Å²) in [5, 5.41) is 21.6. The largest absolute Gasteiger partial charge is 0.337 e. The quantitative estimate of drug-likeness (QED) is 0.800. The van der Waals surface area contributed by atoms with Crippen molar-refractivity contribution in [3.63, 3.8) is 0 Å². The topological polar surface area (TPSA) is 83.6 Å². The molecule has 2 saturated carbocycles. The van der Waals surface area contributed by atoms with E-state index in [9.17, 15) is 10.1 Å². The van der Waals surface area contributed by atoms with Crippen molar-refractivity contribution in [3.8, 4) is 6.07 Å². The Morgan fingerprint density at radius 3 is 2.71 bits per heavy atom. The van der Waals surface area contributed by atoms with Gasteiger partial charge in [-0.1, -0.05) is 31.0 Å². The molecule has 130 valence electrons. The third kappa shape index (κ3) is 3.59. The van der Waals surface area contributed by atoms with Gasteiger partial charge >= 0.3 is 0 Å². The number of aromatic nitrogens is 3. The van der Waals surface area contributed by atoms with E-state index in [1.807, 2.05) is 6.92 Å². The summed E-state index contributed by atoms with van der Waals surface area (Å²) in [5.41, 5.74) is -0.679. The number of hydrogen-bond acceptors (Lipinski definition) is 5. The summed E-state index contributed by atoms with van der Waals surface area (Å²) in [6.45, 7) is 4.77. The summed E-state index contributed by atoms with van der Waals surface area (Å²) in [4.78, 5) is 12.6. The van der Waals surface area contributed by atoms with Crippen LogP contribution in [-0.4, -0.2) is 31.5 Å². The van der Waals surface area contributed by atoms with Crippen LogP contribution in [0.2, 0.25) is 0 Å². The molecule has 2 fully saturated rings. The lowest BCUT2D eigenvalue weighted by Gasteiger charge is -2.32. The fraction of sp³-hybridized carbons (Fsp3) is 0.765. The van der Waals surface area contributed by atoms with E-state index >= 15 is 0 Å². The van der Waals surface area contributed by atoms with Crippen LogP contribution >= 0.6 is 11.8 Å². The average Bonchev–Trinajstić information content (AvgIpc) is 3.36. The maximum atomic E-state index is 12.6. The molecule has 7 heteroatoms. The van der Waals surface area contributed by atoms with E-state index in [4.69, 9.17) is 0 Å². The molecule has 1 unspecified atom stereocenters. The highest BCUT2D eigenvalue weighted by Gasteiger charge is 2.35. The fourth-order valence-electron chi connectivity index (χ4n) is 3.30. The molecule has 2 aliphatic carbocycles. The zero-order valence-corrected chi connectivity index (χ0v) is 15.2. The van der Waals surface area contributed by atoms with E-state index in [1.54, 1.807) is 0 Å². The Labute approximate surface area is 147 Å². The predicted octanol–water partition coefficient (Wildman–Crippen LogP) is 3.00. The van der Waals surface area contributed by atoms with Gasteiger partial charge in [-0.05, 0) is 39.5 Å². The summed E-state index contributed by atoms with van der Waals surface area (Å²) < 4.78 is 2.12. The van der Waals surface area contributed by atoms with E-state index < -0.39 is 5.54 Å². The maximum absolute atomic E-state index is 12.6. The van der Waals surface area contributed by atoms with Crippen molar-refractivity contribution < 1.29 is 4.79 Å². The molecule has 2 aliphatic rings. The van der Waals surface area contributed by atoms with Crippen LogP contribution in [0.1, 0.15) is 70.5 Å². The summed E-state index contributed by atoms with van der Waals surface area (Å²) in [6, 6.07) is 2.34. The first kappa shape index (κ1) is 17.3. The van der Waals surface area contributed by atoms with Crippen LogP contribution in [0.3, 0.4) is 0 Å². The Kier molecular flexibility index (Phi) is 5.14. The number of hydrogen-bond donors (Lipinski definition) is 1. The summed E-state index contributed by atoms with van der Waals surface area (Å²) in [7, 11) is 0. The van der Waals surface area contributed by atoms with E-state index in [0.717, 1.165) is 49.6 Å². The highest BCUT2D eigenvalue weighted by molar-refractivity contribution is 8.00. The van der Waals surface area contributed by atoms with Crippen LogP contribution in [0.25, 0.3) is 0 Å². The van der Waals surface area contributed by atoms with Gasteiger partial charge in [-0.15, -0.1) is 10.2 Å². The number of nitrogens with one attached hydrogen (secondary N) is 1. The van der Waals surface area contributed by atoms with Gasteiger partial charge in [0, 0.05) is 12.5 Å². The Morgan fingerprint density at radius 2 is 2.12 bits per heavy atom. The lowest BCUT2D eigenvalue weighted by atomic mass is 9.83. The van der Waals surface area contributed by atoms with Crippen LogP contribution in [-0.2, 0) is 11.3 Å². The van der Waals surface area contributed by atoms with Crippen LogP contribution in [0.5, 0.6) is 0 Å². The van der Waals surface area contributed by atoms with Crippen LogP contribution in [0.15, 0.2) is 5.16 Å². The molecule has 6 nitrogen and oxygen atoms in total. The molecular weight excluding hydrogens is 322 g/mol. The molecular formula is C17H25N5OS. The Morgan fingerprint density at radius 1 is 1.42 bits per heavy atom. The highest BCUT2D eigenvalue weighted by atomic mass is 32.2. The first-order valence-corrected chi connectivity index (χ1v) is 9.79. The van der Waals surface area contributed by atoms with Crippen molar-refractivity contribution in [3.05, 3.63) is 5.82 Å². The number of nitriles is 1. The minimum atomic E-state index is -0.679. The van der Waals surface area contributed by atoms with Gasteiger partial charge in [0.25, 0.3) is 0 Å². The van der Waals surface area contributed by atoms with Gasteiger partial charge in [0.1, 0.15) is 11.4 Å². The first-order chi connectivity index (χ1) is 11.6. The zero-order chi connectivity index (χ0) is 17.2. The Balaban J connectivity index is 1.65. The molecule has 1 heterocycles. The standard InChI is InChI=1S/C17H25N5OS/c1-3-22-14(13-7-8-13)20-21-16(22)24-12(2)15(23)19-17(11-18)9-5-4-6-10-17/h12-13H,3-10H2,1-2H3,(H,19,23). The van der Waals surface area contributed by atoms with Crippen molar-refractivity contribution in [1.82, 2.24) is 20.1 Å². The van der Waals surface area contributed by atoms with Crippen molar-refractivity contribution in [2.24, 2.45) is 0 Å². The zero-order valence-electron chi connectivity index (χ0n) is 14.4. The van der Waals surface area contributed by atoms with Crippen molar-refractivity contribution >= 4 is 17.7 Å². The average molecular weight is 347 g/mol. The van der Waals surface area contributed by atoms with Gasteiger partial charge < -0.3 is 9.88 Å². The molecule has 0 aliphatic heterocycles. The molecule has 0 spiro atoms. The van der Waals surface area contributed by atoms with Crippen LogP contribution < -0.4 is 5.32 Å². The van der Waals surface area contributed by atoms with E-state index in [0.29, 0.717) is 5.92 Å². The van der Waals surface area contributed by atoms with Gasteiger partial charge in [-0.2, -0.15) is 5.26 Å². The molecule has 1 amide bonds. The number of amides is 1. The van der Waals surface area contributed by atoms with Crippen LogP contribution in [0, 0.1) is 11.3 Å². The Hall–Kier alpha value is -1.55. The Bertz CT molecular complexity index is 640. The number of thioether (sulfide) groups is 1. The minimum Gasteiger partial charge on any atom is -0.337 e. The highest BCUT2D eigenvalue weighted by Crippen LogP contribution is 2.40. The van der Waals surface area contributed by atoms with Gasteiger partial charge in [0.15, 0.2) is 5.16 Å². The third-order valence-corrected chi connectivity index (χ3v) is 6.02. The smallest absolute Gasteiger partial charge is 0.234 e. The molecule has 0 radical (unpaired) electrons. The fourth-order valence-corrected chi connectivity index (χ4v) is 4.22. The van der Waals surface area contributed by atoms with Crippen molar-refractivity contribution in [1.29, 1.82) is 5.26 Å². The number of carbonyl (C=O) groups excluding carboxylic acids is 1. The van der Waals surface area contributed by atoms with E-state index in [2.05, 4.69) is 33.1 Å². The molecule has 0 aromatic carbocycles. The number of nitrogens with zero attached hydrogens (tertiary/aromatic N) is 4. The molecule has 0 bridgehead atoms. The second kappa shape index (κ2) is 7.14. The summed E-state index contributed by atoms with van der Waals surface area (Å²) in [5.74, 6) is 1.51. The summed E-state index contributed by atoms with van der Waals surface area (Å²) >= 11 is 1.43. The lowest BCUT2D eigenvalue weighted by Crippen LogP contribution is -2.51. The lowest BCUT2D eigenvalue weighted by molar-refractivity contribution is -0.121. The van der Waals surface area contributed by atoms with Gasteiger partial charge in [0.05, 0.1) is 11.3 Å². The molecule has 3 rings (SSSR count). The molecule has 1 aromatic rings. The van der Waals surface area contributed by atoms with Gasteiger partial charge in [0.2, 0.25) is 5.91 Å². The van der Waals surface area contributed by atoms with E-state index in [-0.39, 0.29) is 11.2 Å². The SMILES string of the molecule is CCn1c(SC(C)C(=O)NC2(C#N)CCCCC2)nnc1C1CC1. The van der Waals surface area contributed by atoms with Crippen molar-refractivity contribution in [2.75, 3.05) is 0 Å². The number of rotatable bonds is 6. The normalized spacial score (nSPS) is 21.0. The van der Waals surface area contributed by atoms with Crippen LogP contribution in [0.4, 0.5) is 0 Å². The molecule has 1 aromatic heterocycles. The molecule has 24 heavy (non-hydrogen) atoms. The van der Waals surface area contributed by atoms with E-state index in [1.165, 1.54) is 24.6 Å². The monoisotopic (exact) mass is 347 g/mol. The van der Waals surface area contributed by atoms with Gasteiger partial charge in [-0.25, -0.2) is 0 Å². The second-order valence-electron chi connectivity index (χ2n) is 6.86. The maximum Gasteiger partial charge on any atom is 0.234 e. The minimum absolute atomic E-state index is 0.0814. The van der Waals surface area contributed by atoms with Gasteiger partial charge in [-0.3, -0.25) is 4.79 Å². The third-order valence-electron chi connectivity index (χ3n) is 4.94. The molecule has 0 saturated heterocycles. The molecule has 1 N–H and O–H groups in total. The molecule has 1 atom stereocenters. The first-order valence-electron chi connectivity index (χ1n) is 8.91. The second-order valence-corrected chi connectivity index (χ2v) is 8.17. The number of carbonyl (C=O) groups is 1. The van der Waals surface area contributed by atoms with Crippen molar-refractivity contribution in [2.45, 2.75) is 87.2 Å².